The van der Waals surface area contributed by atoms with Crippen molar-refractivity contribution in [3.63, 3.8) is 0 Å². The predicted molar refractivity (Wildman–Crippen MR) is 73.9 cm³/mol. The Bertz CT molecular complexity index is 359. The van der Waals surface area contributed by atoms with E-state index >= 15 is 0 Å². The van der Waals surface area contributed by atoms with Crippen LogP contribution in [0.4, 0.5) is 0 Å². The van der Waals surface area contributed by atoms with E-state index < -0.39 is 15.6 Å². The van der Waals surface area contributed by atoms with Crippen molar-refractivity contribution in [2.75, 3.05) is 12.3 Å². The van der Waals surface area contributed by atoms with E-state index in [0.717, 1.165) is 25.7 Å². The summed E-state index contributed by atoms with van der Waals surface area (Å²) >= 11 is 0. The van der Waals surface area contributed by atoms with E-state index in [9.17, 15) is 13.5 Å². The molecule has 18 heavy (non-hydrogen) atoms. The highest BCUT2D eigenvalue weighted by Crippen LogP contribution is 2.30. The van der Waals surface area contributed by atoms with Crippen molar-refractivity contribution in [1.82, 2.24) is 4.31 Å². The molecule has 1 heterocycles. The molecule has 1 aliphatic heterocycles. The summed E-state index contributed by atoms with van der Waals surface area (Å²) in [5.41, 5.74) is -0.961. The maximum absolute atomic E-state index is 12.4. The second-order valence-corrected chi connectivity index (χ2v) is 8.06. The highest BCUT2D eigenvalue weighted by atomic mass is 32.2. The summed E-state index contributed by atoms with van der Waals surface area (Å²) in [6.07, 6.45) is 3.53. The fourth-order valence-corrected chi connectivity index (χ4v) is 5.05. The van der Waals surface area contributed by atoms with Crippen LogP contribution in [-0.4, -0.2) is 41.8 Å². The average Bonchev–Trinajstić information content (AvgIpc) is 2.64. The molecule has 1 fully saturated rings. The number of nitrogens with zero attached hydrogens (tertiary/aromatic N) is 1. The standard InChI is InChI=1S/C13H27NO3S/c1-5-7-11(2)10-18(16,17)14-9-6-8-12(14)13(3,4)15/h11-12,15H,5-10H2,1-4H3. The van der Waals surface area contributed by atoms with Crippen molar-refractivity contribution in [2.45, 2.75) is 65.0 Å². The summed E-state index contributed by atoms with van der Waals surface area (Å²) in [4.78, 5) is 0. The summed E-state index contributed by atoms with van der Waals surface area (Å²) < 4.78 is 26.3. The van der Waals surface area contributed by atoms with Crippen LogP contribution >= 0.6 is 0 Å². The van der Waals surface area contributed by atoms with Crippen LogP contribution < -0.4 is 0 Å². The molecule has 0 bridgehead atoms. The maximum atomic E-state index is 12.4. The van der Waals surface area contributed by atoms with Crippen molar-refractivity contribution in [3.05, 3.63) is 0 Å². The molecule has 0 saturated carbocycles. The van der Waals surface area contributed by atoms with Gasteiger partial charge in [-0.1, -0.05) is 20.3 Å². The molecule has 1 saturated heterocycles. The Morgan fingerprint density at radius 2 is 2.06 bits per heavy atom. The Labute approximate surface area is 111 Å². The molecule has 1 N–H and O–H groups in total. The van der Waals surface area contributed by atoms with Crippen molar-refractivity contribution in [3.8, 4) is 0 Å². The minimum atomic E-state index is -3.24. The van der Waals surface area contributed by atoms with Gasteiger partial charge in [-0.2, -0.15) is 4.31 Å². The number of hydrogen-bond donors (Lipinski definition) is 1. The Kier molecular flexibility index (Phi) is 5.21. The normalized spacial score (nSPS) is 24.4. The monoisotopic (exact) mass is 277 g/mol. The van der Waals surface area contributed by atoms with Crippen LogP contribution in [0.3, 0.4) is 0 Å². The van der Waals surface area contributed by atoms with Gasteiger partial charge in [0.1, 0.15) is 0 Å². The molecule has 1 rings (SSSR count). The Morgan fingerprint density at radius 1 is 1.44 bits per heavy atom. The van der Waals surface area contributed by atoms with Gasteiger partial charge in [-0.15, -0.1) is 0 Å². The van der Waals surface area contributed by atoms with Gasteiger partial charge in [0, 0.05) is 6.54 Å². The molecule has 4 nitrogen and oxygen atoms in total. The lowest BCUT2D eigenvalue weighted by molar-refractivity contribution is 0.0214. The van der Waals surface area contributed by atoms with E-state index in [1.165, 1.54) is 4.31 Å². The summed E-state index contributed by atoms with van der Waals surface area (Å²) in [6.45, 7) is 7.99. The highest BCUT2D eigenvalue weighted by Gasteiger charge is 2.42. The molecule has 0 aromatic heterocycles. The zero-order valence-corrected chi connectivity index (χ0v) is 12.8. The fourth-order valence-electron chi connectivity index (χ4n) is 2.81. The molecule has 5 heteroatoms. The van der Waals surface area contributed by atoms with Gasteiger partial charge in [-0.3, -0.25) is 0 Å². The predicted octanol–water partition coefficient (Wildman–Crippen LogP) is 1.99. The van der Waals surface area contributed by atoms with Crippen molar-refractivity contribution >= 4 is 10.0 Å². The molecule has 1 aliphatic rings. The molecule has 0 aliphatic carbocycles. The fraction of sp³-hybridized carbons (Fsp3) is 1.00. The number of sulfonamides is 1. The third kappa shape index (κ3) is 3.93. The molecule has 108 valence electrons. The van der Waals surface area contributed by atoms with Crippen molar-refractivity contribution < 1.29 is 13.5 Å². The van der Waals surface area contributed by atoms with Crippen LogP contribution in [0.15, 0.2) is 0 Å². The summed E-state index contributed by atoms with van der Waals surface area (Å²) in [7, 11) is -3.24. The van der Waals surface area contributed by atoms with E-state index in [4.69, 9.17) is 0 Å². The first-order valence-electron chi connectivity index (χ1n) is 6.90. The third-order valence-electron chi connectivity index (χ3n) is 3.65. The Morgan fingerprint density at radius 3 is 2.56 bits per heavy atom. The molecule has 2 atom stereocenters. The van der Waals surface area contributed by atoms with Crippen LogP contribution in [0.25, 0.3) is 0 Å². The first kappa shape index (κ1) is 15.9. The van der Waals surface area contributed by atoms with Crippen molar-refractivity contribution in [2.24, 2.45) is 5.92 Å². The molecular formula is C13H27NO3S. The second-order valence-electron chi connectivity index (χ2n) is 6.09. The van der Waals surface area contributed by atoms with Crippen LogP contribution in [0, 0.1) is 5.92 Å². The van der Waals surface area contributed by atoms with E-state index in [2.05, 4.69) is 6.92 Å². The quantitative estimate of drug-likeness (QED) is 0.807. The van der Waals surface area contributed by atoms with Gasteiger partial charge in [0.05, 0.1) is 17.4 Å². The minimum absolute atomic E-state index is 0.183. The third-order valence-corrected chi connectivity index (χ3v) is 5.79. The van der Waals surface area contributed by atoms with Crippen LogP contribution in [0.1, 0.15) is 53.4 Å². The van der Waals surface area contributed by atoms with E-state index in [1.54, 1.807) is 13.8 Å². The summed E-state index contributed by atoms with van der Waals surface area (Å²) in [6, 6.07) is -0.267. The Balaban J connectivity index is 2.78. The largest absolute Gasteiger partial charge is 0.389 e. The molecule has 2 unspecified atom stereocenters. The molecule has 0 spiro atoms. The lowest BCUT2D eigenvalue weighted by Gasteiger charge is -2.33. The molecule has 0 aromatic carbocycles. The van der Waals surface area contributed by atoms with Gasteiger partial charge in [0.25, 0.3) is 0 Å². The molecule has 0 aromatic rings. The first-order chi connectivity index (χ1) is 8.18. The van der Waals surface area contributed by atoms with Gasteiger partial charge < -0.3 is 5.11 Å². The Hall–Kier alpha value is -0.130. The molecular weight excluding hydrogens is 250 g/mol. The van der Waals surface area contributed by atoms with Gasteiger partial charge in [-0.25, -0.2) is 8.42 Å². The topological polar surface area (TPSA) is 57.6 Å². The van der Waals surface area contributed by atoms with Crippen LogP contribution in [0.5, 0.6) is 0 Å². The van der Waals surface area contributed by atoms with E-state index in [1.807, 2.05) is 6.92 Å². The van der Waals surface area contributed by atoms with Gasteiger partial charge >= 0.3 is 0 Å². The maximum Gasteiger partial charge on any atom is 0.214 e. The zero-order chi connectivity index (χ0) is 14.0. The zero-order valence-electron chi connectivity index (χ0n) is 12.0. The molecule has 0 amide bonds. The minimum Gasteiger partial charge on any atom is -0.389 e. The number of aliphatic hydroxyl groups is 1. The molecule has 0 radical (unpaired) electrons. The van der Waals surface area contributed by atoms with E-state index in [-0.39, 0.29) is 17.7 Å². The first-order valence-corrected chi connectivity index (χ1v) is 8.51. The lowest BCUT2D eigenvalue weighted by atomic mass is 9.98. The van der Waals surface area contributed by atoms with Crippen LogP contribution in [0.2, 0.25) is 0 Å². The van der Waals surface area contributed by atoms with Crippen LogP contribution in [-0.2, 0) is 10.0 Å². The summed E-state index contributed by atoms with van der Waals surface area (Å²) in [5.74, 6) is 0.385. The van der Waals surface area contributed by atoms with Gasteiger partial charge in [-0.05, 0) is 39.0 Å². The van der Waals surface area contributed by atoms with E-state index in [0.29, 0.717) is 6.54 Å². The van der Waals surface area contributed by atoms with Gasteiger partial charge in [0.2, 0.25) is 10.0 Å². The lowest BCUT2D eigenvalue weighted by Crippen LogP contribution is -2.49. The van der Waals surface area contributed by atoms with Gasteiger partial charge in [0.15, 0.2) is 0 Å². The SMILES string of the molecule is CCCC(C)CS(=O)(=O)N1CCCC1C(C)(C)O. The summed E-state index contributed by atoms with van der Waals surface area (Å²) in [5, 5.41) is 10.1. The average molecular weight is 277 g/mol. The smallest absolute Gasteiger partial charge is 0.214 e. The second kappa shape index (κ2) is 5.88. The number of hydrogen-bond acceptors (Lipinski definition) is 3. The highest BCUT2D eigenvalue weighted by molar-refractivity contribution is 7.89. The van der Waals surface area contributed by atoms with Crippen molar-refractivity contribution in [1.29, 1.82) is 0 Å². The number of rotatable bonds is 6.